The second-order valence-corrected chi connectivity index (χ2v) is 16.7. The van der Waals surface area contributed by atoms with Crippen molar-refractivity contribution < 1.29 is 28.6 Å². The molecule has 6 nitrogen and oxygen atoms in total. The van der Waals surface area contributed by atoms with Crippen molar-refractivity contribution in [3.63, 3.8) is 0 Å². The number of ether oxygens (including phenoxy) is 3. The van der Waals surface area contributed by atoms with Gasteiger partial charge in [0, 0.05) is 19.3 Å². The summed E-state index contributed by atoms with van der Waals surface area (Å²) in [6, 6.07) is 0. The van der Waals surface area contributed by atoms with Crippen LogP contribution in [0.4, 0.5) is 0 Å². The molecule has 0 aromatic carbocycles. The van der Waals surface area contributed by atoms with Gasteiger partial charge in [-0.3, -0.25) is 14.4 Å². The van der Waals surface area contributed by atoms with E-state index in [2.05, 4.69) is 167 Å². The maximum absolute atomic E-state index is 12.8. The van der Waals surface area contributed by atoms with Gasteiger partial charge < -0.3 is 14.2 Å². The molecule has 0 fully saturated rings. The molecule has 0 amide bonds. The summed E-state index contributed by atoms with van der Waals surface area (Å²) in [5.74, 6) is -1.06. The van der Waals surface area contributed by atoms with Crippen LogP contribution in [-0.4, -0.2) is 37.2 Å². The first kappa shape index (κ1) is 62.3. The quantitative estimate of drug-likeness (QED) is 0.0262. The van der Waals surface area contributed by atoms with Crippen LogP contribution in [0.1, 0.15) is 201 Å². The lowest BCUT2D eigenvalue weighted by Crippen LogP contribution is -2.30. The molecule has 0 aromatic heterocycles. The highest BCUT2D eigenvalue weighted by molar-refractivity contribution is 5.71. The number of carbonyl (C=O) groups is 3. The molecule has 0 heterocycles. The highest BCUT2D eigenvalue weighted by Gasteiger charge is 2.19. The third kappa shape index (κ3) is 52.1. The predicted octanol–water partition coefficient (Wildman–Crippen LogP) is 17.6. The Morgan fingerprint density at radius 1 is 0.313 bits per heavy atom. The van der Waals surface area contributed by atoms with E-state index in [9.17, 15) is 14.4 Å². The molecule has 0 radical (unpaired) electrons. The number of esters is 3. The Labute approximate surface area is 410 Å². The van der Waals surface area contributed by atoms with Crippen LogP contribution in [0, 0.1) is 0 Å². The van der Waals surface area contributed by atoms with Gasteiger partial charge in [0.15, 0.2) is 6.10 Å². The van der Waals surface area contributed by atoms with Crippen molar-refractivity contribution in [2.24, 2.45) is 0 Å². The molecule has 0 bridgehead atoms. The Morgan fingerprint density at radius 3 is 0.985 bits per heavy atom. The molecule has 0 aliphatic heterocycles. The normalized spacial score (nSPS) is 13.3. The first-order valence-electron chi connectivity index (χ1n) is 26.3. The number of hydrogen-bond acceptors (Lipinski definition) is 6. The summed E-state index contributed by atoms with van der Waals surface area (Å²) < 4.78 is 16.7. The van der Waals surface area contributed by atoms with Gasteiger partial charge in [0.2, 0.25) is 0 Å². The maximum atomic E-state index is 12.8. The molecule has 6 heteroatoms. The van der Waals surface area contributed by atoms with Crippen LogP contribution in [0.3, 0.4) is 0 Å². The summed E-state index contributed by atoms with van der Waals surface area (Å²) in [6.45, 7) is 6.25. The summed E-state index contributed by atoms with van der Waals surface area (Å²) in [4.78, 5) is 38.0. The van der Waals surface area contributed by atoms with Crippen LogP contribution < -0.4 is 0 Å². The third-order valence-electron chi connectivity index (χ3n) is 10.3. The molecule has 0 spiro atoms. The highest BCUT2D eigenvalue weighted by atomic mass is 16.6. The zero-order valence-electron chi connectivity index (χ0n) is 42.6. The maximum Gasteiger partial charge on any atom is 0.306 e. The van der Waals surface area contributed by atoms with Gasteiger partial charge in [0.05, 0.1) is 0 Å². The topological polar surface area (TPSA) is 78.9 Å². The zero-order chi connectivity index (χ0) is 48.6. The Bertz CT molecular complexity index is 1530. The number of allylic oxidation sites excluding steroid dienone is 24. The lowest BCUT2D eigenvalue weighted by Gasteiger charge is -2.18. The second-order valence-electron chi connectivity index (χ2n) is 16.7. The fourth-order valence-electron chi connectivity index (χ4n) is 6.41. The van der Waals surface area contributed by atoms with Crippen molar-refractivity contribution in [1.82, 2.24) is 0 Å². The Balaban J connectivity index is 4.61. The van der Waals surface area contributed by atoms with E-state index in [4.69, 9.17) is 14.2 Å². The summed E-state index contributed by atoms with van der Waals surface area (Å²) in [6.07, 6.45) is 76.9. The average molecular weight is 923 g/mol. The van der Waals surface area contributed by atoms with Crippen LogP contribution in [0.25, 0.3) is 0 Å². The summed E-state index contributed by atoms with van der Waals surface area (Å²) in [5, 5.41) is 0. The van der Waals surface area contributed by atoms with Crippen molar-refractivity contribution in [2.75, 3.05) is 13.2 Å². The molecule has 67 heavy (non-hydrogen) atoms. The van der Waals surface area contributed by atoms with Gasteiger partial charge in [0.1, 0.15) is 13.2 Å². The van der Waals surface area contributed by atoms with Crippen LogP contribution in [0.5, 0.6) is 0 Å². The minimum absolute atomic E-state index is 0.131. The van der Waals surface area contributed by atoms with E-state index in [0.717, 1.165) is 122 Å². The molecule has 0 aromatic rings. The summed E-state index contributed by atoms with van der Waals surface area (Å²) >= 11 is 0. The van der Waals surface area contributed by atoms with Gasteiger partial charge in [0.25, 0.3) is 0 Å². The van der Waals surface area contributed by atoms with Crippen LogP contribution >= 0.6 is 0 Å². The molecule has 0 aliphatic carbocycles. The van der Waals surface area contributed by atoms with Crippen LogP contribution in [-0.2, 0) is 28.6 Å². The monoisotopic (exact) mass is 923 g/mol. The molecule has 0 saturated heterocycles. The molecular weight excluding hydrogens is 829 g/mol. The van der Waals surface area contributed by atoms with Gasteiger partial charge in [-0.15, -0.1) is 0 Å². The predicted molar refractivity (Wildman–Crippen MR) is 288 cm³/mol. The largest absolute Gasteiger partial charge is 0.462 e. The SMILES string of the molecule is CC/C=C\C/C=C\C/C=C\C/C=C\CCCCCCC(=O)OC[C@H](COC(=O)CCC/C=C\C/C=C\C/C=C\C/C=C\CCCCC)OC(=O)CCCC/C=C\C/C=C\C/C=C\C/C=C\CC. The fourth-order valence-corrected chi connectivity index (χ4v) is 6.41. The lowest BCUT2D eigenvalue weighted by atomic mass is 10.1. The summed E-state index contributed by atoms with van der Waals surface area (Å²) in [5.41, 5.74) is 0. The van der Waals surface area contributed by atoms with E-state index >= 15 is 0 Å². The van der Waals surface area contributed by atoms with E-state index in [1.165, 1.54) is 25.7 Å². The smallest absolute Gasteiger partial charge is 0.306 e. The van der Waals surface area contributed by atoms with Gasteiger partial charge in [-0.2, -0.15) is 0 Å². The van der Waals surface area contributed by atoms with Crippen molar-refractivity contribution in [3.05, 3.63) is 146 Å². The standard InChI is InChI=1S/C61H94O6/c1-4-7-10-13-16-19-22-25-28-30-33-35-38-41-44-47-50-53-59(62)65-56-58(67-61(64)55-52-49-46-43-40-37-32-27-24-21-18-15-12-9-6-3)57-66-60(63)54-51-48-45-42-39-36-34-31-29-26-23-20-17-14-11-8-5-2/h7,9-10,12,16-21,25-29,32-36,40,42-43,45,58H,4-6,8,11,13-15,22-24,30-31,37-39,41,44,46-57H2,1-3H3/b10-7-,12-9-,19-16-,20-17-,21-18-,28-25-,29-26-,32-27-,35-33-,36-34-,43-40-,45-42-/t58-/m1/s1. The molecule has 0 rings (SSSR count). The fraction of sp³-hybridized carbons (Fsp3) is 0.557. The Morgan fingerprint density at radius 2 is 0.597 bits per heavy atom. The van der Waals surface area contributed by atoms with Gasteiger partial charge in [-0.25, -0.2) is 0 Å². The van der Waals surface area contributed by atoms with E-state index in [-0.39, 0.29) is 44.0 Å². The van der Waals surface area contributed by atoms with E-state index in [1.54, 1.807) is 0 Å². The van der Waals surface area contributed by atoms with E-state index < -0.39 is 6.10 Å². The number of carbonyl (C=O) groups excluding carboxylic acids is 3. The molecule has 0 saturated carbocycles. The molecule has 0 N–H and O–H groups in total. The first-order chi connectivity index (χ1) is 33.0. The van der Waals surface area contributed by atoms with E-state index in [1.807, 2.05) is 0 Å². The van der Waals surface area contributed by atoms with Crippen molar-refractivity contribution in [3.8, 4) is 0 Å². The number of unbranched alkanes of at least 4 members (excludes halogenated alkanes) is 10. The third-order valence-corrected chi connectivity index (χ3v) is 10.3. The van der Waals surface area contributed by atoms with Crippen molar-refractivity contribution in [2.45, 2.75) is 207 Å². The number of hydrogen-bond donors (Lipinski definition) is 0. The Kier molecular flexibility index (Phi) is 50.1. The molecule has 1 atom stereocenters. The summed E-state index contributed by atoms with van der Waals surface area (Å²) in [7, 11) is 0. The lowest BCUT2D eigenvalue weighted by molar-refractivity contribution is -0.167. The number of rotatable bonds is 45. The molecular formula is C61H94O6. The van der Waals surface area contributed by atoms with E-state index in [0.29, 0.717) is 19.3 Å². The zero-order valence-corrected chi connectivity index (χ0v) is 42.6. The molecule has 0 aliphatic rings. The Hall–Kier alpha value is -4.71. The average Bonchev–Trinajstić information content (AvgIpc) is 3.33. The second kappa shape index (κ2) is 53.9. The highest BCUT2D eigenvalue weighted by Crippen LogP contribution is 2.11. The van der Waals surface area contributed by atoms with Gasteiger partial charge >= 0.3 is 17.9 Å². The van der Waals surface area contributed by atoms with Crippen molar-refractivity contribution in [1.29, 1.82) is 0 Å². The van der Waals surface area contributed by atoms with Crippen molar-refractivity contribution >= 4 is 17.9 Å². The van der Waals surface area contributed by atoms with Crippen LogP contribution in [0.15, 0.2) is 146 Å². The van der Waals surface area contributed by atoms with Gasteiger partial charge in [-0.05, 0) is 135 Å². The molecule has 0 unspecified atom stereocenters. The van der Waals surface area contributed by atoms with Gasteiger partial charge in [-0.1, -0.05) is 192 Å². The van der Waals surface area contributed by atoms with Crippen LogP contribution in [0.2, 0.25) is 0 Å². The minimum atomic E-state index is -0.839. The minimum Gasteiger partial charge on any atom is -0.462 e. The molecule has 374 valence electrons. The first-order valence-corrected chi connectivity index (χ1v) is 26.3.